The molecule has 3 unspecified atom stereocenters. The summed E-state index contributed by atoms with van der Waals surface area (Å²) in [6.45, 7) is 2.60. The molecule has 0 radical (unpaired) electrons. The number of hydrogen-bond acceptors (Lipinski definition) is 7. The van der Waals surface area contributed by atoms with Crippen molar-refractivity contribution in [3.63, 3.8) is 0 Å². The van der Waals surface area contributed by atoms with Gasteiger partial charge < -0.3 is 25.0 Å². The van der Waals surface area contributed by atoms with Crippen LogP contribution in [-0.4, -0.2) is 77.6 Å². The molecule has 4 aliphatic rings. The molecule has 2 N–H and O–H groups in total. The number of aromatic nitrogens is 2. The highest BCUT2D eigenvalue weighted by Crippen LogP contribution is 2.46. The summed E-state index contributed by atoms with van der Waals surface area (Å²) in [5, 5.41) is 5.62. The van der Waals surface area contributed by atoms with Crippen LogP contribution in [0.3, 0.4) is 0 Å². The molecule has 7 rings (SSSR count). The first-order valence-corrected chi connectivity index (χ1v) is 15.5. The van der Waals surface area contributed by atoms with Crippen LogP contribution in [0, 0.1) is 17.5 Å². The van der Waals surface area contributed by atoms with Gasteiger partial charge in [-0.15, -0.1) is 0 Å². The highest BCUT2D eigenvalue weighted by atomic mass is 19.2. The van der Waals surface area contributed by atoms with E-state index < -0.39 is 58.2 Å². The fourth-order valence-corrected chi connectivity index (χ4v) is 7.19. The number of nitrogens with zero attached hydrogens (tertiary/aromatic N) is 3. The molecule has 1 aliphatic carbocycles. The van der Waals surface area contributed by atoms with E-state index in [1.54, 1.807) is 19.2 Å². The molecule has 3 aliphatic heterocycles. The molecule has 0 saturated carbocycles. The third-order valence-electron chi connectivity index (χ3n) is 9.65. The fraction of sp³-hybridized carbons (Fsp3) is 0.382. The average molecular weight is 648 g/mol. The van der Waals surface area contributed by atoms with Crippen LogP contribution in [0.15, 0.2) is 42.7 Å². The molecule has 1 saturated heterocycles. The van der Waals surface area contributed by atoms with E-state index >= 15 is 8.78 Å². The van der Waals surface area contributed by atoms with E-state index in [-0.39, 0.29) is 44.3 Å². The number of carbonyl (C=O) groups excluding carboxylic acids is 3. The van der Waals surface area contributed by atoms with E-state index in [2.05, 4.69) is 20.6 Å². The topological polar surface area (TPSA) is 123 Å². The zero-order valence-corrected chi connectivity index (χ0v) is 25.5. The lowest BCUT2D eigenvalue weighted by atomic mass is 9.79. The van der Waals surface area contributed by atoms with Gasteiger partial charge in [-0.1, -0.05) is 12.2 Å². The molecule has 1 spiro atoms. The van der Waals surface area contributed by atoms with Gasteiger partial charge in [0.2, 0.25) is 11.8 Å². The molecule has 3 aromatic rings. The van der Waals surface area contributed by atoms with Crippen molar-refractivity contribution in [2.75, 3.05) is 38.3 Å². The second-order valence-corrected chi connectivity index (χ2v) is 12.4. The van der Waals surface area contributed by atoms with Crippen molar-refractivity contribution >= 4 is 29.6 Å². The van der Waals surface area contributed by atoms with Gasteiger partial charge in [0.05, 0.1) is 37.4 Å². The number of fused-ring (bicyclic) bond motifs is 4. The summed E-state index contributed by atoms with van der Waals surface area (Å²) in [6, 6.07) is 3.25. The van der Waals surface area contributed by atoms with Gasteiger partial charge in [0.1, 0.15) is 17.7 Å². The Labute approximate surface area is 268 Å². The zero-order valence-electron chi connectivity index (χ0n) is 25.5. The number of hydrogen-bond donors (Lipinski definition) is 2. The molecule has 4 atom stereocenters. The predicted octanol–water partition coefficient (Wildman–Crippen LogP) is 3.45. The van der Waals surface area contributed by atoms with E-state index in [1.807, 2.05) is 18.2 Å². The summed E-state index contributed by atoms with van der Waals surface area (Å²) in [5.41, 5.74) is 1.68. The Morgan fingerprint density at radius 1 is 0.979 bits per heavy atom. The summed E-state index contributed by atoms with van der Waals surface area (Å²) in [7, 11) is 0. The Balaban J connectivity index is 1.22. The zero-order chi connectivity index (χ0) is 32.9. The summed E-state index contributed by atoms with van der Waals surface area (Å²) >= 11 is 0. The van der Waals surface area contributed by atoms with Gasteiger partial charge in [-0.05, 0) is 55.2 Å². The maximum absolute atomic E-state index is 15.0. The number of pyridine rings is 2. The molecule has 3 amide bonds. The van der Waals surface area contributed by atoms with Crippen LogP contribution in [0.2, 0.25) is 0 Å². The van der Waals surface area contributed by atoms with Crippen LogP contribution in [-0.2, 0) is 37.3 Å². The third kappa shape index (κ3) is 5.46. The molecular formula is C34H32F3N5O5. The SMILES string of the molecule is CC1C(c2c(F)ccc(F)c2F)CC2NC(=O)c3cnc4c(c3)C[C@@]3(C4)C(=O)Nc4ncc(cc43)/C=C\COCCOCCN1C2=O. The Kier molecular flexibility index (Phi) is 8.04. The van der Waals surface area contributed by atoms with Gasteiger partial charge in [0.25, 0.3) is 5.91 Å². The maximum Gasteiger partial charge on any atom is 0.253 e. The minimum Gasteiger partial charge on any atom is -0.377 e. The van der Waals surface area contributed by atoms with Gasteiger partial charge in [0, 0.05) is 54.1 Å². The molecule has 7 bridgehead atoms. The van der Waals surface area contributed by atoms with Gasteiger partial charge in [-0.2, -0.15) is 0 Å². The number of benzene rings is 1. The summed E-state index contributed by atoms with van der Waals surface area (Å²) < 4.78 is 55.7. The Morgan fingerprint density at radius 2 is 1.79 bits per heavy atom. The normalized spacial score (nSPS) is 26.8. The predicted molar refractivity (Wildman–Crippen MR) is 163 cm³/mol. The highest BCUT2D eigenvalue weighted by molar-refractivity contribution is 6.06. The molecule has 1 fully saturated rings. The van der Waals surface area contributed by atoms with Crippen LogP contribution in [0.1, 0.15) is 57.6 Å². The van der Waals surface area contributed by atoms with E-state index in [4.69, 9.17) is 9.47 Å². The average Bonchev–Trinajstić information content (AvgIpc) is 3.57. The largest absolute Gasteiger partial charge is 0.377 e. The number of carbonyl (C=O) groups is 3. The van der Waals surface area contributed by atoms with Crippen LogP contribution < -0.4 is 10.6 Å². The summed E-state index contributed by atoms with van der Waals surface area (Å²) in [5.74, 6) is -5.23. The number of ether oxygens (including phenoxy) is 2. The van der Waals surface area contributed by atoms with Crippen LogP contribution >= 0.6 is 0 Å². The van der Waals surface area contributed by atoms with Gasteiger partial charge in [0.15, 0.2) is 11.6 Å². The summed E-state index contributed by atoms with van der Waals surface area (Å²) in [4.78, 5) is 51.1. The molecular weight excluding hydrogens is 615 g/mol. The Bertz CT molecular complexity index is 1820. The Hall–Kier alpha value is -4.62. The van der Waals surface area contributed by atoms with Gasteiger partial charge in [-0.25, -0.2) is 18.2 Å². The number of anilines is 1. The van der Waals surface area contributed by atoms with Crippen molar-refractivity contribution in [3.05, 3.63) is 93.7 Å². The second kappa shape index (κ2) is 12.2. The molecule has 244 valence electrons. The number of nitrogens with one attached hydrogen (secondary N) is 2. The van der Waals surface area contributed by atoms with E-state index in [0.717, 1.165) is 17.2 Å². The fourth-order valence-electron chi connectivity index (χ4n) is 7.19. The molecule has 5 heterocycles. The van der Waals surface area contributed by atoms with Crippen molar-refractivity contribution in [1.82, 2.24) is 20.2 Å². The van der Waals surface area contributed by atoms with Crippen molar-refractivity contribution < 1.29 is 37.0 Å². The minimum atomic E-state index is -1.33. The first-order chi connectivity index (χ1) is 22.7. The van der Waals surface area contributed by atoms with Crippen LogP contribution in [0.4, 0.5) is 19.0 Å². The lowest BCUT2D eigenvalue weighted by molar-refractivity contribution is -0.140. The van der Waals surface area contributed by atoms with E-state index in [9.17, 15) is 18.8 Å². The molecule has 2 aromatic heterocycles. The first kappa shape index (κ1) is 31.0. The van der Waals surface area contributed by atoms with Crippen molar-refractivity contribution in [2.45, 2.75) is 49.6 Å². The minimum absolute atomic E-state index is 0.0667. The number of halogens is 3. The van der Waals surface area contributed by atoms with Crippen molar-refractivity contribution in [1.29, 1.82) is 0 Å². The quantitative estimate of drug-likeness (QED) is 0.388. The molecule has 47 heavy (non-hydrogen) atoms. The smallest absolute Gasteiger partial charge is 0.253 e. The van der Waals surface area contributed by atoms with Crippen molar-refractivity contribution in [2.24, 2.45) is 0 Å². The highest BCUT2D eigenvalue weighted by Gasteiger charge is 2.52. The third-order valence-corrected chi connectivity index (χ3v) is 9.65. The summed E-state index contributed by atoms with van der Waals surface area (Å²) in [6.07, 6.45) is 7.22. The van der Waals surface area contributed by atoms with Crippen LogP contribution in [0.5, 0.6) is 0 Å². The van der Waals surface area contributed by atoms with Crippen LogP contribution in [0.25, 0.3) is 6.08 Å². The van der Waals surface area contributed by atoms with Gasteiger partial charge >= 0.3 is 0 Å². The molecule has 1 aromatic carbocycles. The van der Waals surface area contributed by atoms with E-state index in [1.165, 1.54) is 11.1 Å². The monoisotopic (exact) mass is 647 g/mol. The lowest BCUT2D eigenvalue weighted by Crippen LogP contribution is -2.58. The molecule has 13 heteroatoms. The Morgan fingerprint density at radius 3 is 2.64 bits per heavy atom. The maximum atomic E-state index is 15.0. The first-order valence-electron chi connectivity index (χ1n) is 15.5. The van der Waals surface area contributed by atoms with E-state index in [0.29, 0.717) is 42.6 Å². The number of amides is 3. The second-order valence-electron chi connectivity index (χ2n) is 12.4. The van der Waals surface area contributed by atoms with Gasteiger partial charge in [-0.3, -0.25) is 19.4 Å². The number of rotatable bonds is 1. The lowest BCUT2D eigenvalue weighted by Gasteiger charge is -2.43. The number of piperidine rings is 1. The standard InChI is InChI=1S/C34H32F3N5O5/c1-18-22(28-24(35)4-5-25(36)29(28)37)13-26-32(44)42(18)6-8-47-10-9-46-7-2-3-19-11-23-30(39-16-19)41-33(45)34(23)14-20-12-21(31(43)40-26)17-38-27(20)15-34/h2-5,11-12,16-18,22,26H,6-10,13-15H2,1H3,(H,40,43)(H,39,41,45)/b3-2-/t18?,22?,26?,34-/m0/s1. The molecule has 10 nitrogen and oxygen atoms in total. The van der Waals surface area contributed by atoms with Crippen molar-refractivity contribution in [3.8, 4) is 0 Å².